The fraction of sp³-hybridized carbons (Fsp3) is 0.286. The van der Waals surface area contributed by atoms with Crippen molar-refractivity contribution in [3.05, 3.63) is 66.5 Å². The first-order valence-corrected chi connectivity index (χ1v) is 9.60. The summed E-state index contributed by atoms with van der Waals surface area (Å²) < 4.78 is 5.19. The molecular weight excluding hydrogens is 368 g/mol. The van der Waals surface area contributed by atoms with Gasteiger partial charge in [-0.05, 0) is 43.4 Å². The Hall–Kier alpha value is -3.39. The minimum absolute atomic E-state index is 0.257. The van der Waals surface area contributed by atoms with E-state index in [4.69, 9.17) is 4.42 Å². The van der Waals surface area contributed by atoms with Crippen molar-refractivity contribution in [1.82, 2.24) is 20.2 Å². The van der Waals surface area contributed by atoms with Crippen LogP contribution in [0.4, 0.5) is 17.2 Å². The fourth-order valence-corrected chi connectivity index (χ4v) is 3.15. The Morgan fingerprint density at radius 1 is 1.07 bits per heavy atom. The van der Waals surface area contributed by atoms with E-state index in [2.05, 4.69) is 49.6 Å². The molecule has 0 radical (unpaired) electrons. The van der Waals surface area contributed by atoms with Gasteiger partial charge in [-0.2, -0.15) is 0 Å². The highest BCUT2D eigenvalue weighted by Gasteiger charge is 2.14. The van der Waals surface area contributed by atoms with E-state index in [1.165, 1.54) is 11.9 Å². The first-order chi connectivity index (χ1) is 14.2. The molecule has 4 rings (SSSR count). The van der Waals surface area contributed by atoms with Crippen molar-refractivity contribution >= 4 is 23.1 Å². The van der Waals surface area contributed by atoms with E-state index in [0.29, 0.717) is 18.1 Å². The maximum atomic E-state index is 12.1. The van der Waals surface area contributed by atoms with Gasteiger partial charge in [0.25, 0.3) is 5.91 Å². The van der Waals surface area contributed by atoms with Gasteiger partial charge in [0.15, 0.2) is 0 Å². The van der Waals surface area contributed by atoms with E-state index in [-0.39, 0.29) is 11.6 Å². The lowest BCUT2D eigenvalue weighted by molar-refractivity contribution is 0.0942. The van der Waals surface area contributed by atoms with E-state index < -0.39 is 0 Å². The van der Waals surface area contributed by atoms with Gasteiger partial charge in [-0.25, -0.2) is 9.97 Å². The monoisotopic (exact) mass is 392 g/mol. The lowest BCUT2D eigenvalue weighted by Crippen LogP contribution is -2.44. The number of hydrogen-bond acceptors (Lipinski definition) is 7. The third-order valence-corrected chi connectivity index (χ3v) is 4.90. The molecule has 1 fully saturated rings. The van der Waals surface area contributed by atoms with Crippen molar-refractivity contribution in [2.45, 2.75) is 6.54 Å². The predicted molar refractivity (Wildman–Crippen MR) is 111 cm³/mol. The van der Waals surface area contributed by atoms with Crippen LogP contribution in [0.25, 0.3) is 0 Å². The molecule has 0 spiro atoms. The van der Waals surface area contributed by atoms with Crippen LogP contribution < -0.4 is 15.5 Å². The zero-order chi connectivity index (χ0) is 20.1. The second-order valence-corrected chi connectivity index (χ2v) is 7.01. The number of benzene rings is 1. The highest BCUT2D eigenvalue weighted by atomic mass is 16.3. The summed E-state index contributed by atoms with van der Waals surface area (Å²) in [6, 6.07) is 11.8. The van der Waals surface area contributed by atoms with Crippen LogP contribution in [0.1, 0.15) is 16.2 Å². The Labute approximate surface area is 169 Å². The molecule has 2 aromatic heterocycles. The third-order valence-electron chi connectivity index (χ3n) is 4.90. The Morgan fingerprint density at radius 2 is 1.86 bits per heavy atom. The minimum atomic E-state index is -0.294. The normalized spacial score (nSPS) is 14.6. The average Bonchev–Trinajstić information content (AvgIpc) is 3.27. The van der Waals surface area contributed by atoms with E-state index in [1.807, 2.05) is 12.1 Å². The number of furan rings is 1. The van der Waals surface area contributed by atoms with E-state index in [1.54, 1.807) is 24.6 Å². The topological polar surface area (TPSA) is 86.5 Å². The zero-order valence-corrected chi connectivity index (χ0v) is 16.3. The molecule has 3 aromatic rings. The molecule has 0 aliphatic carbocycles. The van der Waals surface area contributed by atoms with Crippen LogP contribution in [0.5, 0.6) is 0 Å². The number of amides is 1. The van der Waals surface area contributed by atoms with Crippen molar-refractivity contribution in [3.63, 3.8) is 0 Å². The van der Waals surface area contributed by atoms with Crippen molar-refractivity contribution in [1.29, 1.82) is 0 Å². The molecule has 0 unspecified atom stereocenters. The van der Waals surface area contributed by atoms with Crippen molar-refractivity contribution in [2.75, 3.05) is 43.4 Å². The molecule has 1 amide bonds. The number of rotatable bonds is 6. The molecule has 8 heteroatoms. The van der Waals surface area contributed by atoms with Gasteiger partial charge in [0.1, 0.15) is 17.3 Å². The molecular formula is C21H24N6O2. The molecule has 1 aliphatic heterocycles. The Balaban J connectivity index is 1.32. The summed E-state index contributed by atoms with van der Waals surface area (Å²) in [5.74, 6) is 0.974. The van der Waals surface area contributed by atoms with Crippen molar-refractivity contribution < 1.29 is 9.21 Å². The van der Waals surface area contributed by atoms with Gasteiger partial charge in [0.05, 0.1) is 25.2 Å². The third kappa shape index (κ3) is 4.91. The van der Waals surface area contributed by atoms with Gasteiger partial charge < -0.3 is 24.9 Å². The SMILES string of the molecule is CN1CCN(c2ccc(Nc3cnc(C(=O)NCc4ccco4)cn3)cc2)CC1. The lowest BCUT2D eigenvalue weighted by atomic mass is 10.2. The van der Waals surface area contributed by atoms with Crippen LogP contribution in [0, 0.1) is 0 Å². The minimum Gasteiger partial charge on any atom is -0.467 e. The Morgan fingerprint density at radius 3 is 2.52 bits per heavy atom. The number of likely N-dealkylation sites (N-methyl/N-ethyl adjacent to an activating group) is 1. The number of piperazine rings is 1. The molecule has 8 nitrogen and oxygen atoms in total. The summed E-state index contributed by atoms with van der Waals surface area (Å²) in [6.45, 7) is 4.55. The number of carbonyl (C=O) groups is 1. The van der Waals surface area contributed by atoms with Crippen LogP contribution in [0.3, 0.4) is 0 Å². The summed E-state index contributed by atoms with van der Waals surface area (Å²) in [5.41, 5.74) is 2.40. The second-order valence-electron chi connectivity index (χ2n) is 7.01. The molecule has 1 aromatic carbocycles. The average molecular weight is 392 g/mol. The van der Waals surface area contributed by atoms with E-state index in [9.17, 15) is 4.79 Å². The molecule has 0 atom stereocenters. The molecule has 3 heterocycles. The number of hydrogen-bond donors (Lipinski definition) is 2. The van der Waals surface area contributed by atoms with Crippen LogP contribution in [-0.2, 0) is 6.54 Å². The number of nitrogens with zero attached hydrogens (tertiary/aromatic N) is 4. The van der Waals surface area contributed by atoms with Gasteiger partial charge in [-0.3, -0.25) is 4.79 Å². The summed E-state index contributed by atoms with van der Waals surface area (Å²) in [5, 5.41) is 5.96. The lowest BCUT2D eigenvalue weighted by Gasteiger charge is -2.34. The first kappa shape index (κ1) is 18.9. The van der Waals surface area contributed by atoms with E-state index >= 15 is 0 Å². The molecule has 150 valence electrons. The van der Waals surface area contributed by atoms with Gasteiger partial charge >= 0.3 is 0 Å². The maximum absolute atomic E-state index is 12.1. The smallest absolute Gasteiger partial charge is 0.271 e. The predicted octanol–water partition coefficient (Wildman–Crippen LogP) is 2.50. The summed E-state index contributed by atoms with van der Waals surface area (Å²) in [7, 11) is 2.15. The van der Waals surface area contributed by atoms with Crippen molar-refractivity contribution in [3.8, 4) is 0 Å². The number of nitrogens with one attached hydrogen (secondary N) is 2. The largest absolute Gasteiger partial charge is 0.467 e. The molecule has 29 heavy (non-hydrogen) atoms. The molecule has 0 bridgehead atoms. The van der Waals surface area contributed by atoms with E-state index in [0.717, 1.165) is 31.9 Å². The molecule has 1 saturated heterocycles. The summed E-state index contributed by atoms with van der Waals surface area (Å²) in [4.78, 5) is 25.3. The number of carbonyl (C=O) groups excluding carboxylic acids is 1. The van der Waals surface area contributed by atoms with Crippen LogP contribution >= 0.6 is 0 Å². The summed E-state index contributed by atoms with van der Waals surface area (Å²) >= 11 is 0. The van der Waals surface area contributed by atoms with Crippen LogP contribution in [0.2, 0.25) is 0 Å². The molecule has 2 N–H and O–H groups in total. The van der Waals surface area contributed by atoms with Gasteiger partial charge in [0, 0.05) is 37.6 Å². The molecule has 1 aliphatic rings. The quantitative estimate of drug-likeness (QED) is 0.666. The van der Waals surface area contributed by atoms with Gasteiger partial charge in [0.2, 0.25) is 0 Å². The molecule has 0 saturated carbocycles. The highest BCUT2D eigenvalue weighted by molar-refractivity contribution is 5.91. The van der Waals surface area contributed by atoms with Crippen LogP contribution in [-0.4, -0.2) is 54.0 Å². The van der Waals surface area contributed by atoms with Gasteiger partial charge in [-0.15, -0.1) is 0 Å². The highest BCUT2D eigenvalue weighted by Crippen LogP contribution is 2.21. The summed E-state index contributed by atoms with van der Waals surface area (Å²) in [6.07, 6.45) is 4.58. The van der Waals surface area contributed by atoms with Crippen molar-refractivity contribution in [2.24, 2.45) is 0 Å². The van der Waals surface area contributed by atoms with Crippen LogP contribution in [0.15, 0.2) is 59.5 Å². The number of anilines is 3. The Kier molecular flexibility index (Phi) is 5.71. The first-order valence-electron chi connectivity index (χ1n) is 9.60. The maximum Gasteiger partial charge on any atom is 0.271 e. The Bertz CT molecular complexity index is 917. The second kappa shape index (κ2) is 8.74. The standard InChI is InChI=1S/C21H24N6O2/c1-26-8-10-27(11-9-26)17-6-4-16(5-7-17)25-20-15-22-19(14-23-20)21(28)24-13-18-3-2-12-29-18/h2-7,12,14-15H,8-11,13H2,1H3,(H,23,25)(H,24,28). The number of aromatic nitrogens is 2. The van der Waals surface area contributed by atoms with Gasteiger partial charge in [-0.1, -0.05) is 0 Å². The fourth-order valence-electron chi connectivity index (χ4n) is 3.15. The zero-order valence-electron chi connectivity index (χ0n) is 16.3.